The van der Waals surface area contributed by atoms with E-state index in [1.807, 2.05) is 36.1 Å². The molecule has 25 heavy (non-hydrogen) atoms. The fourth-order valence-corrected chi connectivity index (χ4v) is 3.43. The number of benzene rings is 2. The highest BCUT2D eigenvalue weighted by atomic mass is 19.1. The van der Waals surface area contributed by atoms with Crippen molar-refractivity contribution < 1.29 is 9.18 Å². The number of hydrogen-bond acceptors (Lipinski definition) is 1. The quantitative estimate of drug-likeness (QED) is 0.759. The summed E-state index contributed by atoms with van der Waals surface area (Å²) >= 11 is 0. The van der Waals surface area contributed by atoms with E-state index in [-0.39, 0.29) is 17.9 Å². The Morgan fingerprint density at radius 3 is 2.68 bits per heavy atom. The number of rotatable bonds is 2. The number of anilines is 1. The molecule has 3 rings (SSSR count). The van der Waals surface area contributed by atoms with Crippen LogP contribution in [0.5, 0.6) is 0 Å². The Balaban J connectivity index is 1.82. The van der Waals surface area contributed by atoms with Crippen molar-refractivity contribution in [3.8, 4) is 0 Å². The van der Waals surface area contributed by atoms with Crippen molar-refractivity contribution >= 4 is 11.7 Å². The lowest BCUT2D eigenvalue weighted by molar-refractivity contribution is 0.189. The molecule has 0 radical (unpaired) electrons. The van der Waals surface area contributed by atoms with Gasteiger partial charge in [-0.3, -0.25) is 0 Å². The minimum atomic E-state index is -0.253. The number of urea groups is 1. The van der Waals surface area contributed by atoms with Crippen LogP contribution < -0.4 is 5.32 Å². The standard InChI is InChI=1S/C21H25FN2O/c1-15-10-11-19(13-16(15)2)23-21(25)24-12-5-3-4-9-20(24)17-7-6-8-18(22)14-17/h6-8,10-11,13-14,20H,3-5,9,12H2,1-2H3,(H,23,25). The van der Waals surface area contributed by atoms with E-state index < -0.39 is 0 Å². The van der Waals surface area contributed by atoms with Crippen molar-refractivity contribution in [1.82, 2.24) is 4.90 Å². The van der Waals surface area contributed by atoms with E-state index in [9.17, 15) is 9.18 Å². The summed E-state index contributed by atoms with van der Waals surface area (Å²) in [6.07, 6.45) is 3.99. The average Bonchev–Trinajstić information content (AvgIpc) is 2.84. The lowest BCUT2D eigenvalue weighted by atomic mass is 10.0. The number of halogens is 1. The van der Waals surface area contributed by atoms with Gasteiger partial charge in [0.1, 0.15) is 5.82 Å². The molecule has 0 spiro atoms. The summed E-state index contributed by atoms with van der Waals surface area (Å²) in [6, 6.07) is 12.4. The van der Waals surface area contributed by atoms with E-state index >= 15 is 0 Å². The van der Waals surface area contributed by atoms with Gasteiger partial charge in [-0.05, 0) is 67.6 Å². The van der Waals surface area contributed by atoms with Gasteiger partial charge in [0.25, 0.3) is 0 Å². The molecular weight excluding hydrogens is 315 g/mol. The number of amides is 2. The lowest BCUT2D eigenvalue weighted by Crippen LogP contribution is -2.38. The maximum atomic E-state index is 13.7. The molecule has 1 aliphatic heterocycles. The highest BCUT2D eigenvalue weighted by molar-refractivity contribution is 5.89. The summed E-state index contributed by atoms with van der Waals surface area (Å²) in [6.45, 7) is 4.78. The molecule has 1 unspecified atom stereocenters. The molecule has 1 N–H and O–H groups in total. The first-order valence-corrected chi connectivity index (χ1v) is 8.95. The third-order valence-electron chi connectivity index (χ3n) is 5.01. The zero-order valence-corrected chi connectivity index (χ0v) is 14.9. The average molecular weight is 340 g/mol. The van der Waals surface area contributed by atoms with Crippen molar-refractivity contribution in [1.29, 1.82) is 0 Å². The molecule has 1 saturated heterocycles. The summed E-state index contributed by atoms with van der Waals surface area (Å²) in [5, 5.41) is 3.02. The molecule has 0 aromatic heterocycles. The van der Waals surface area contributed by atoms with Crippen LogP contribution in [0.4, 0.5) is 14.9 Å². The second-order valence-electron chi connectivity index (χ2n) is 6.84. The van der Waals surface area contributed by atoms with E-state index in [1.165, 1.54) is 11.6 Å². The molecule has 2 aromatic carbocycles. The minimum absolute atomic E-state index is 0.0789. The first-order chi connectivity index (χ1) is 12.0. The van der Waals surface area contributed by atoms with Crippen molar-refractivity contribution in [3.63, 3.8) is 0 Å². The van der Waals surface area contributed by atoms with Gasteiger partial charge in [0.15, 0.2) is 0 Å². The van der Waals surface area contributed by atoms with Crippen LogP contribution in [0.1, 0.15) is 48.4 Å². The van der Waals surface area contributed by atoms with Gasteiger partial charge in [0.2, 0.25) is 0 Å². The largest absolute Gasteiger partial charge is 0.322 e. The number of carbonyl (C=O) groups is 1. The van der Waals surface area contributed by atoms with E-state index in [0.717, 1.165) is 42.5 Å². The maximum Gasteiger partial charge on any atom is 0.322 e. The number of likely N-dealkylation sites (tertiary alicyclic amines) is 1. The number of nitrogens with zero attached hydrogens (tertiary/aromatic N) is 1. The third kappa shape index (κ3) is 4.19. The van der Waals surface area contributed by atoms with Crippen molar-refractivity contribution in [3.05, 3.63) is 65.0 Å². The Bertz CT molecular complexity index is 759. The zero-order valence-electron chi connectivity index (χ0n) is 14.9. The summed E-state index contributed by atoms with van der Waals surface area (Å²) in [4.78, 5) is 14.8. The lowest BCUT2D eigenvalue weighted by Gasteiger charge is -2.30. The van der Waals surface area contributed by atoms with Gasteiger partial charge in [-0.25, -0.2) is 9.18 Å². The predicted molar refractivity (Wildman–Crippen MR) is 99.2 cm³/mol. The number of hydrogen-bond donors (Lipinski definition) is 1. The molecule has 4 heteroatoms. The minimum Gasteiger partial charge on any atom is -0.317 e. The molecule has 1 fully saturated rings. The van der Waals surface area contributed by atoms with Gasteiger partial charge in [-0.15, -0.1) is 0 Å². The summed E-state index contributed by atoms with van der Waals surface area (Å²) in [7, 11) is 0. The van der Waals surface area contributed by atoms with Crippen LogP contribution in [-0.4, -0.2) is 17.5 Å². The van der Waals surface area contributed by atoms with Gasteiger partial charge in [-0.2, -0.15) is 0 Å². The molecule has 2 amide bonds. The van der Waals surface area contributed by atoms with Crippen molar-refractivity contribution in [2.24, 2.45) is 0 Å². The van der Waals surface area contributed by atoms with Crippen LogP contribution in [-0.2, 0) is 0 Å². The first-order valence-electron chi connectivity index (χ1n) is 8.95. The highest BCUT2D eigenvalue weighted by Gasteiger charge is 2.27. The zero-order chi connectivity index (χ0) is 17.8. The van der Waals surface area contributed by atoms with Crippen LogP contribution in [0.25, 0.3) is 0 Å². The molecule has 132 valence electrons. The number of aryl methyl sites for hydroxylation is 2. The van der Waals surface area contributed by atoms with E-state index in [2.05, 4.69) is 12.2 Å². The SMILES string of the molecule is Cc1ccc(NC(=O)N2CCCCCC2c2cccc(F)c2)cc1C. The second kappa shape index (κ2) is 7.68. The fraction of sp³-hybridized carbons (Fsp3) is 0.381. The Labute approximate surface area is 148 Å². The van der Waals surface area contributed by atoms with Crippen molar-refractivity contribution in [2.45, 2.75) is 45.6 Å². The maximum absolute atomic E-state index is 13.7. The van der Waals surface area contributed by atoms with Crippen LogP contribution in [0.15, 0.2) is 42.5 Å². The summed E-state index contributed by atoms with van der Waals surface area (Å²) in [5.41, 5.74) is 4.02. The molecule has 0 aliphatic carbocycles. The molecule has 1 atom stereocenters. The predicted octanol–water partition coefficient (Wildman–Crippen LogP) is 5.59. The molecular formula is C21H25FN2O. The first kappa shape index (κ1) is 17.5. The van der Waals surface area contributed by atoms with Gasteiger partial charge >= 0.3 is 6.03 Å². The molecule has 0 saturated carbocycles. The molecule has 2 aromatic rings. The fourth-order valence-electron chi connectivity index (χ4n) is 3.43. The van der Waals surface area contributed by atoms with Crippen LogP contribution in [0.2, 0.25) is 0 Å². The Morgan fingerprint density at radius 1 is 1.08 bits per heavy atom. The van der Waals surface area contributed by atoms with Crippen LogP contribution in [0, 0.1) is 19.7 Å². The van der Waals surface area contributed by atoms with Gasteiger partial charge in [0, 0.05) is 12.2 Å². The van der Waals surface area contributed by atoms with Gasteiger partial charge in [0.05, 0.1) is 6.04 Å². The van der Waals surface area contributed by atoms with Crippen LogP contribution >= 0.6 is 0 Å². The molecule has 0 bridgehead atoms. The normalized spacial score (nSPS) is 17.9. The molecule has 1 aliphatic rings. The van der Waals surface area contributed by atoms with Gasteiger partial charge in [-0.1, -0.05) is 31.0 Å². The second-order valence-corrected chi connectivity index (χ2v) is 6.84. The summed E-state index contributed by atoms with van der Waals surface area (Å²) in [5.74, 6) is -0.253. The Hall–Kier alpha value is -2.36. The summed E-state index contributed by atoms with van der Waals surface area (Å²) < 4.78 is 13.7. The van der Waals surface area contributed by atoms with Gasteiger partial charge < -0.3 is 10.2 Å². The smallest absolute Gasteiger partial charge is 0.317 e. The monoisotopic (exact) mass is 340 g/mol. The molecule has 1 heterocycles. The Morgan fingerprint density at radius 2 is 1.92 bits per heavy atom. The van der Waals surface area contributed by atoms with E-state index in [0.29, 0.717) is 6.54 Å². The van der Waals surface area contributed by atoms with E-state index in [4.69, 9.17) is 0 Å². The Kier molecular flexibility index (Phi) is 5.37. The van der Waals surface area contributed by atoms with E-state index in [1.54, 1.807) is 12.1 Å². The van der Waals surface area contributed by atoms with Crippen molar-refractivity contribution in [2.75, 3.05) is 11.9 Å². The number of nitrogens with one attached hydrogen (secondary N) is 1. The highest BCUT2D eigenvalue weighted by Crippen LogP contribution is 2.31. The molecule has 3 nitrogen and oxygen atoms in total. The van der Waals surface area contributed by atoms with Crippen LogP contribution in [0.3, 0.4) is 0 Å². The topological polar surface area (TPSA) is 32.3 Å². The third-order valence-corrected chi connectivity index (χ3v) is 5.01. The number of carbonyl (C=O) groups excluding carboxylic acids is 1.